The number of likely N-dealkylation sites (N-methyl/N-ethyl adjacent to an activating group) is 1. The maximum atomic E-state index is 4.61. The molecule has 6 heteroatoms. The lowest BCUT2D eigenvalue weighted by Crippen LogP contribution is -2.40. The molecule has 0 amide bonds. The molecule has 0 aromatic carbocycles. The van der Waals surface area contributed by atoms with E-state index in [0.717, 1.165) is 37.8 Å². The van der Waals surface area contributed by atoms with Crippen LogP contribution in [0.5, 0.6) is 0 Å². The van der Waals surface area contributed by atoms with Gasteiger partial charge < -0.3 is 15.1 Å². The molecule has 20 heavy (non-hydrogen) atoms. The average Bonchev–Trinajstić information content (AvgIpc) is 2.47. The summed E-state index contributed by atoms with van der Waals surface area (Å²) in [5, 5.41) is 11.6. The summed E-state index contributed by atoms with van der Waals surface area (Å²) in [5.74, 6) is 1.59. The Kier molecular flexibility index (Phi) is 5.52. The fourth-order valence-electron chi connectivity index (χ4n) is 2.60. The summed E-state index contributed by atoms with van der Waals surface area (Å²) in [4.78, 5) is 9.07. The molecule has 2 rings (SSSR count). The van der Waals surface area contributed by atoms with Crippen LogP contribution in [-0.4, -0.2) is 59.9 Å². The molecule has 0 spiro atoms. The Balaban J connectivity index is 2.00. The molecule has 0 saturated carbocycles. The first kappa shape index (κ1) is 15.0. The number of nitrogens with one attached hydrogen (secondary N) is 1. The number of aromatic nitrogens is 3. The van der Waals surface area contributed by atoms with Gasteiger partial charge in [0.1, 0.15) is 0 Å². The van der Waals surface area contributed by atoms with Crippen molar-refractivity contribution in [2.45, 2.75) is 38.6 Å². The second-order valence-electron chi connectivity index (χ2n) is 5.62. The summed E-state index contributed by atoms with van der Waals surface area (Å²) in [6.45, 7) is 5.11. The summed E-state index contributed by atoms with van der Waals surface area (Å²) in [5.41, 5.74) is 0. The van der Waals surface area contributed by atoms with Gasteiger partial charge in [0.25, 0.3) is 0 Å². The van der Waals surface area contributed by atoms with Gasteiger partial charge in [-0.3, -0.25) is 0 Å². The number of rotatable bonds is 6. The molecule has 1 aliphatic heterocycles. The standard InChI is InChI=1S/C14H26N6/c1-4-12-7-5-6-9-20(12)14-17-13(11-16-18-14)15-8-10-19(2)3/h11-12H,4-10H2,1-3H3,(H,15,17,18). The van der Waals surface area contributed by atoms with E-state index in [0.29, 0.717) is 6.04 Å². The molecule has 1 aliphatic rings. The summed E-state index contributed by atoms with van der Waals surface area (Å²) < 4.78 is 0. The minimum atomic E-state index is 0.558. The van der Waals surface area contributed by atoms with Crippen molar-refractivity contribution >= 4 is 11.8 Å². The first-order valence-electron chi connectivity index (χ1n) is 7.55. The molecule has 1 atom stereocenters. The van der Waals surface area contributed by atoms with Crippen molar-refractivity contribution in [2.24, 2.45) is 0 Å². The Labute approximate surface area is 121 Å². The van der Waals surface area contributed by atoms with E-state index < -0.39 is 0 Å². The van der Waals surface area contributed by atoms with E-state index >= 15 is 0 Å². The Morgan fingerprint density at radius 1 is 1.40 bits per heavy atom. The van der Waals surface area contributed by atoms with Crippen LogP contribution in [-0.2, 0) is 0 Å². The lowest BCUT2D eigenvalue weighted by molar-refractivity contribution is 0.425. The topological polar surface area (TPSA) is 57.2 Å². The van der Waals surface area contributed by atoms with Crippen molar-refractivity contribution in [2.75, 3.05) is 43.9 Å². The van der Waals surface area contributed by atoms with Crippen LogP contribution in [0.3, 0.4) is 0 Å². The van der Waals surface area contributed by atoms with Crippen molar-refractivity contribution in [3.8, 4) is 0 Å². The van der Waals surface area contributed by atoms with Crippen LogP contribution in [0, 0.1) is 0 Å². The number of piperidine rings is 1. The summed E-state index contributed by atoms with van der Waals surface area (Å²) in [6, 6.07) is 0.558. The van der Waals surface area contributed by atoms with Crippen LogP contribution in [0.4, 0.5) is 11.8 Å². The van der Waals surface area contributed by atoms with Gasteiger partial charge in [0.05, 0.1) is 6.20 Å². The van der Waals surface area contributed by atoms with Crippen LogP contribution >= 0.6 is 0 Å². The number of hydrogen-bond donors (Lipinski definition) is 1. The molecule has 0 radical (unpaired) electrons. The first-order chi connectivity index (χ1) is 9.70. The lowest BCUT2D eigenvalue weighted by Gasteiger charge is -2.34. The quantitative estimate of drug-likeness (QED) is 0.853. The van der Waals surface area contributed by atoms with E-state index in [9.17, 15) is 0 Å². The third-order valence-corrected chi connectivity index (χ3v) is 3.77. The van der Waals surface area contributed by atoms with Crippen molar-refractivity contribution < 1.29 is 0 Å². The van der Waals surface area contributed by atoms with Crippen molar-refractivity contribution in [1.82, 2.24) is 20.1 Å². The highest BCUT2D eigenvalue weighted by Crippen LogP contribution is 2.23. The smallest absolute Gasteiger partial charge is 0.247 e. The zero-order valence-electron chi connectivity index (χ0n) is 12.8. The molecule has 1 aromatic rings. The second-order valence-corrected chi connectivity index (χ2v) is 5.62. The normalized spacial score (nSPS) is 19.4. The molecule has 0 bridgehead atoms. The van der Waals surface area contributed by atoms with Gasteiger partial charge in [-0.25, -0.2) is 0 Å². The SMILES string of the molecule is CCC1CCCCN1c1nncc(NCCN(C)C)n1. The number of nitrogens with zero attached hydrogens (tertiary/aromatic N) is 5. The molecule has 1 aromatic heterocycles. The molecule has 0 aliphatic carbocycles. The van der Waals surface area contributed by atoms with Gasteiger partial charge in [-0.1, -0.05) is 6.92 Å². The summed E-state index contributed by atoms with van der Waals surface area (Å²) >= 11 is 0. The highest BCUT2D eigenvalue weighted by atomic mass is 15.3. The van der Waals surface area contributed by atoms with E-state index in [1.165, 1.54) is 19.3 Å². The Morgan fingerprint density at radius 2 is 2.25 bits per heavy atom. The number of hydrogen-bond acceptors (Lipinski definition) is 6. The van der Waals surface area contributed by atoms with Crippen molar-refractivity contribution in [3.05, 3.63) is 6.20 Å². The van der Waals surface area contributed by atoms with E-state index in [4.69, 9.17) is 0 Å². The van der Waals surface area contributed by atoms with Gasteiger partial charge in [-0.15, -0.1) is 5.10 Å². The van der Waals surface area contributed by atoms with E-state index in [-0.39, 0.29) is 0 Å². The van der Waals surface area contributed by atoms with E-state index in [1.54, 1.807) is 6.20 Å². The van der Waals surface area contributed by atoms with E-state index in [2.05, 4.69) is 51.3 Å². The highest BCUT2D eigenvalue weighted by Gasteiger charge is 2.23. The van der Waals surface area contributed by atoms with Gasteiger partial charge >= 0.3 is 0 Å². The molecule has 1 fully saturated rings. The largest absolute Gasteiger partial charge is 0.367 e. The molecule has 1 N–H and O–H groups in total. The van der Waals surface area contributed by atoms with E-state index in [1.807, 2.05) is 0 Å². The van der Waals surface area contributed by atoms with Crippen molar-refractivity contribution in [3.63, 3.8) is 0 Å². The van der Waals surface area contributed by atoms with Gasteiger partial charge in [-0.05, 0) is 39.8 Å². The second kappa shape index (κ2) is 7.38. The van der Waals surface area contributed by atoms with Gasteiger partial charge in [0, 0.05) is 25.7 Å². The molecule has 1 unspecified atom stereocenters. The fourth-order valence-corrected chi connectivity index (χ4v) is 2.60. The third-order valence-electron chi connectivity index (χ3n) is 3.77. The van der Waals surface area contributed by atoms with Gasteiger partial charge in [-0.2, -0.15) is 10.1 Å². The van der Waals surface area contributed by atoms with Crippen LogP contribution in [0.2, 0.25) is 0 Å². The van der Waals surface area contributed by atoms with Crippen LogP contribution in [0.15, 0.2) is 6.20 Å². The monoisotopic (exact) mass is 278 g/mol. The molecule has 112 valence electrons. The molecular weight excluding hydrogens is 252 g/mol. The zero-order valence-corrected chi connectivity index (χ0v) is 12.8. The maximum absolute atomic E-state index is 4.61. The Hall–Kier alpha value is -1.43. The molecule has 2 heterocycles. The fraction of sp³-hybridized carbons (Fsp3) is 0.786. The van der Waals surface area contributed by atoms with Gasteiger partial charge in [0.2, 0.25) is 5.95 Å². The minimum absolute atomic E-state index is 0.558. The molecular formula is C14H26N6. The average molecular weight is 278 g/mol. The summed E-state index contributed by atoms with van der Waals surface area (Å²) in [6.07, 6.45) is 6.60. The first-order valence-corrected chi connectivity index (χ1v) is 7.55. The predicted molar refractivity (Wildman–Crippen MR) is 82.1 cm³/mol. The maximum Gasteiger partial charge on any atom is 0.247 e. The lowest BCUT2D eigenvalue weighted by atomic mass is 10.0. The minimum Gasteiger partial charge on any atom is -0.367 e. The van der Waals surface area contributed by atoms with Crippen LogP contribution in [0.25, 0.3) is 0 Å². The zero-order chi connectivity index (χ0) is 14.4. The highest BCUT2D eigenvalue weighted by molar-refractivity contribution is 5.40. The summed E-state index contributed by atoms with van der Waals surface area (Å²) in [7, 11) is 4.12. The predicted octanol–water partition coefficient (Wildman–Crippen LogP) is 1.61. The van der Waals surface area contributed by atoms with Crippen LogP contribution in [0.1, 0.15) is 32.6 Å². The Bertz CT molecular complexity index is 408. The van der Waals surface area contributed by atoms with Crippen molar-refractivity contribution in [1.29, 1.82) is 0 Å². The molecule has 1 saturated heterocycles. The van der Waals surface area contributed by atoms with Gasteiger partial charge in [0.15, 0.2) is 5.82 Å². The van der Waals surface area contributed by atoms with Crippen LogP contribution < -0.4 is 10.2 Å². The molecule has 6 nitrogen and oxygen atoms in total. The Morgan fingerprint density at radius 3 is 3.00 bits per heavy atom. The number of anilines is 2. The third kappa shape index (κ3) is 4.03.